The molecule has 2 aromatic rings. The number of nitrogens with one attached hydrogen (secondary N) is 2. The molecule has 1 amide bonds. The van der Waals surface area contributed by atoms with Crippen LogP contribution in [0.4, 0.5) is 19.0 Å². The van der Waals surface area contributed by atoms with Crippen LogP contribution in [-0.4, -0.2) is 27.9 Å². The quantitative estimate of drug-likeness (QED) is 0.737. The molecule has 152 valence electrons. The largest absolute Gasteiger partial charge is 0.410 e. The van der Waals surface area contributed by atoms with Crippen molar-refractivity contribution in [3.8, 4) is 0 Å². The molecule has 1 aliphatic heterocycles. The van der Waals surface area contributed by atoms with Crippen LogP contribution in [0.1, 0.15) is 60.4 Å². The molecule has 0 fully saturated rings. The normalized spacial score (nSPS) is 20.2. The van der Waals surface area contributed by atoms with E-state index in [-0.39, 0.29) is 29.0 Å². The lowest BCUT2D eigenvalue weighted by atomic mass is 9.96. The van der Waals surface area contributed by atoms with E-state index in [9.17, 15) is 18.0 Å². The van der Waals surface area contributed by atoms with Gasteiger partial charge in [0.2, 0.25) is 0 Å². The summed E-state index contributed by atoms with van der Waals surface area (Å²) in [5.41, 5.74) is 1.52. The van der Waals surface area contributed by atoms with Gasteiger partial charge in [0.1, 0.15) is 10.8 Å². The Hall–Kier alpha value is -2.22. The smallest absolute Gasteiger partial charge is 0.362 e. The predicted molar refractivity (Wildman–Crippen MR) is 102 cm³/mol. The van der Waals surface area contributed by atoms with Crippen LogP contribution in [0.3, 0.4) is 0 Å². The molecular weight excluding hydrogens is 393 g/mol. The first-order chi connectivity index (χ1) is 13.1. The maximum Gasteiger partial charge on any atom is 0.410 e. The van der Waals surface area contributed by atoms with E-state index in [2.05, 4.69) is 15.7 Å². The Morgan fingerprint density at radius 3 is 2.61 bits per heavy atom. The molecule has 0 aliphatic carbocycles. The van der Waals surface area contributed by atoms with Gasteiger partial charge in [-0.05, 0) is 25.8 Å². The van der Waals surface area contributed by atoms with E-state index in [4.69, 9.17) is 11.6 Å². The van der Waals surface area contributed by atoms with Crippen molar-refractivity contribution in [2.75, 3.05) is 5.32 Å². The van der Waals surface area contributed by atoms with Crippen molar-refractivity contribution >= 4 is 23.3 Å². The van der Waals surface area contributed by atoms with E-state index in [1.54, 1.807) is 19.1 Å². The van der Waals surface area contributed by atoms with Gasteiger partial charge >= 0.3 is 6.18 Å². The van der Waals surface area contributed by atoms with Gasteiger partial charge in [-0.25, -0.2) is 4.68 Å². The van der Waals surface area contributed by atoms with Crippen LogP contribution in [0.2, 0.25) is 5.02 Å². The number of carbonyl (C=O) groups excluding carboxylic acids is 1. The van der Waals surface area contributed by atoms with Crippen LogP contribution in [0.25, 0.3) is 0 Å². The number of amides is 1. The summed E-state index contributed by atoms with van der Waals surface area (Å²) in [4.78, 5) is 12.4. The van der Waals surface area contributed by atoms with Crippen LogP contribution in [0, 0.1) is 6.92 Å². The highest BCUT2D eigenvalue weighted by molar-refractivity contribution is 6.36. The van der Waals surface area contributed by atoms with E-state index < -0.39 is 24.2 Å². The molecule has 1 aromatic carbocycles. The lowest BCUT2D eigenvalue weighted by molar-refractivity contribution is -0.173. The number of rotatable bonds is 4. The Morgan fingerprint density at radius 1 is 1.39 bits per heavy atom. The zero-order chi connectivity index (χ0) is 20.6. The van der Waals surface area contributed by atoms with Crippen molar-refractivity contribution in [2.45, 2.75) is 57.9 Å². The maximum absolute atomic E-state index is 13.7. The van der Waals surface area contributed by atoms with Crippen LogP contribution in [-0.2, 0) is 0 Å². The van der Waals surface area contributed by atoms with Gasteiger partial charge in [-0.15, -0.1) is 0 Å². The average molecular weight is 415 g/mol. The lowest BCUT2D eigenvalue weighted by Crippen LogP contribution is -2.36. The Morgan fingerprint density at radius 2 is 2.04 bits per heavy atom. The maximum atomic E-state index is 13.7. The minimum atomic E-state index is -4.53. The van der Waals surface area contributed by atoms with Crippen molar-refractivity contribution in [3.63, 3.8) is 0 Å². The molecule has 0 bridgehead atoms. The number of benzene rings is 1. The Kier molecular flexibility index (Phi) is 5.61. The number of nitrogens with zero attached hydrogens (tertiary/aromatic N) is 2. The van der Waals surface area contributed by atoms with Crippen molar-refractivity contribution in [2.24, 2.45) is 0 Å². The van der Waals surface area contributed by atoms with E-state index in [1.807, 2.05) is 26.0 Å². The van der Waals surface area contributed by atoms with Crippen molar-refractivity contribution in [1.29, 1.82) is 0 Å². The number of halogens is 4. The average Bonchev–Trinajstić information content (AvgIpc) is 2.97. The fourth-order valence-electron chi connectivity index (χ4n) is 3.15. The van der Waals surface area contributed by atoms with Gasteiger partial charge in [0, 0.05) is 12.5 Å². The molecule has 0 saturated carbocycles. The molecular formula is C19H22ClF3N4O. The molecule has 5 nitrogen and oxygen atoms in total. The summed E-state index contributed by atoms with van der Waals surface area (Å²) in [6, 6.07) is 4.65. The Labute approximate surface area is 166 Å². The zero-order valence-corrected chi connectivity index (χ0v) is 16.5. The predicted octanol–water partition coefficient (Wildman–Crippen LogP) is 5.03. The highest BCUT2D eigenvalue weighted by Gasteiger charge is 2.47. The molecule has 9 heteroatoms. The van der Waals surface area contributed by atoms with Crippen molar-refractivity contribution in [3.05, 3.63) is 46.1 Å². The summed E-state index contributed by atoms with van der Waals surface area (Å²) in [6.07, 6.45) is -4.10. The third-order valence-corrected chi connectivity index (χ3v) is 5.34. The van der Waals surface area contributed by atoms with Gasteiger partial charge in [-0.1, -0.05) is 48.4 Å². The number of anilines is 1. The van der Waals surface area contributed by atoms with Crippen LogP contribution in [0.5, 0.6) is 0 Å². The van der Waals surface area contributed by atoms with Gasteiger partial charge in [-0.3, -0.25) is 4.79 Å². The molecule has 28 heavy (non-hydrogen) atoms. The summed E-state index contributed by atoms with van der Waals surface area (Å²) in [5.74, 6) is -0.578. The Balaban J connectivity index is 2.00. The number of fused-ring (bicyclic) bond motifs is 1. The zero-order valence-electron chi connectivity index (χ0n) is 15.8. The molecule has 2 heterocycles. The monoisotopic (exact) mass is 414 g/mol. The SMILES string of the molecule is CC[C@H](C)NC(=O)c1nn2c(c1Cl)N[C@@H](c1ccc(C)cc1)C[C@@H]2C(F)(F)F. The molecule has 0 spiro atoms. The number of hydrogen-bond donors (Lipinski definition) is 2. The second kappa shape index (κ2) is 7.66. The van der Waals surface area contributed by atoms with Crippen LogP contribution >= 0.6 is 11.6 Å². The molecule has 3 atom stereocenters. The molecule has 2 N–H and O–H groups in total. The fourth-order valence-corrected chi connectivity index (χ4v) is 3.41. The highest BCUT2D eigenvalue weighted by Crippen LogP contribution is 2.46. The Bertz CT molecular complexity index is 863. The van der Waals surface area contributed by atoms with Crippen molar-refractivity contribution < 1.29 is 18.0 Å². The summed E-state index contributed by atoms with van der Waals surface area (Å²) in [7, 11) is 0. The molecule has 1 aromatic heterocycles. The van der Waals surface area contributed by atoms with Gasteiger partial charge in [-0.2, -0.15) is 18.3 Å². The van der Waals surface area contributed by atoms with E-state index >= 15 is 0 Å². The molecule has 0 unspecified atom stereocenters. The second-order valence-corrected chi connectivity index (χ2v) is 7.52. The molecule has 1 aliphatic rings. The topological polar surface area (TPSA) is 59.0 Å². The van der Waals surface area contributed by atoms with Crippen LogP contribution < -0.4 is 10.6 Å². The van der Waals surface area contributed by atoms with Gasteiger partial charge in [0.25, 0.3) is 5.91 Å². The number of carbonyl (C=O) groups is 1. The molecule has 3 rings (SSSR count). The number of aryl methyl sites for hydroxylation is 1. The highest BCUT2D eigenvalue weighted by atomic mass is 35.5. The summed E-state index contributed by atoms with van der Waals surface area (Å²) >= 11 is 6.28. The van der Waals surface area contributed by atoms with Crippen molar-refractivity contribution in [1.82, 2.24) is 15.1 Å². The van der Waals surface area contributed by atoms with E-state index in [0.29, 0.717) is 12.0 Å². The second-order valence-electron chi connectivity index (χ2n) is 7.14. The standard InChI is InChI=1S/C19H22ClF3N4O/c1-4-11(3)24-18(28)16-15(20)17-25-13(12-7-5-10(2)6-8-12)9-14(19(21,22)23)27(17)26-16/h5-8,11,13-14,25H,4,9H2,1-3H3,(H,24,28)/t11-,13+,14+/m0/s1. The third-order valence-electron chi connectivity index (χ3n) is 4.98. The molecule has 0 saturated heterocycles. The van der Waals surface area contributed by atoms with Gasteiger partial charge in [0.15, 0.2) is 11.7 Å². The van der Waals surface area contributed by atoms with Gasteiger partial charge < -0.3 is 10.6 Å². The lowest BCUT2D eigenvalue weighted by Gasteiger charge is -2.33. The summed E-state index contributed by atoms with van der Waals surface area (Å²) in [6.45, 7) is 5.59. The first-order valence-electron chi connectivity index (χ1n) is 9.10. The minimum absolute atomic E-state index is 0.00937. The summed E-state index contributed by atoms with van der Waals surface area (Å²) < 4.78 is 42.0. The number of alkyl halides is 3. The first kappa shape index (κ1) is 20.5. The van der Waals surface area contributed by atoms with E-state index in [1.165, 1.54) is 0 Å². The summed E-state index contributed by atoms with van der Waals surface area (Å²) in [5, 5.41) is 9.54. The van der Waals surface area contributed by atoms with Gasteiger partial charge in [0.05, 0.1) is 6.04 Å². The number of hydrogen-bond acceptors (Lipinski definition) is 3. The van der Waals surface area contributed by atoms with Crippen LogP contribution in [0.15, 0.2) is 24.3 Å². The molecule has 0 radical (unpaired) electrons. The van der Waals surface area contributed by atoms with E-state index in [0.717, 1.165) is 10.2 Å². The third kappa shape index (κ3) is 3.97. The fraction of sp³-hybridized carbons (Fsp3) is 0.474. The first-order valence-corrected chi connectivity index (χ1v) is 9.48. The number of aromatic nitrogens is 2. The minimum Gasteiger partial charge on any atom is -0.362 e.